The highest BCUT2D eigenvalue weighted by Crippen LogP contribution is 2.30. The molecule has 9 heteroatoms. The summed E-state index contributed by atoms with van der Waals surface area (Å²) in [5.41, 5.74) is 0.754. The molecule has 6 nitrogen and oxygen atoms in total. The smallest absolute Gasteiger partial charge is 0.258 e. The second-order valence-corrected chi connectivity index (χ2v) is 7.19. The van der Waals surface area contributed by atoms with Gasteiger partial charge in [-0.2, -0.15) is 17.6 Å². The number of hydrogen-bond acceptors (Lipinski definition) is 7. The van der Waals surface area contributed by atoms with Crippen molar-refractivity contribution in [2.75, 3.05) is 0 Å². The van der Waals surface area contributed by atoms with Crippen molar-refractivity contribution >= 4 is 35.6 Å². The Bertz CT molecular complexity index is 1010. The highest BCUT2D eigenvalue weighted by molar-refractivity contribution is 7.80. The van der Waals surface area contributed by atoms with Crippen LogP contribution in [0.3, 0.4) is 0 Å². The second kappa shape index (κ2) is 6.62. The first-order valence-electron chi connectivity index (χ1n) is 7.34. The van der Waals surface area contributed by atoms with Crippen LogP contribution in [0.1, 0.15) is 16.9 Å². The quantitative estimate of drug-likeness (QED) is 0.528. The minimum absolute atomic E-state index is 0.386. The fourth-order valence-electron chi connectivity index (χ4n) is 2.40. The van der Waals surface area contributed by atoms with Crippen LogP contribution in [0.5, 0.6) is 0 Å². The number of thiol groups is 1. The van der Waals surface area contributed by atoms with Crippen molar-refractivity contribution in [3.63, 3.8) is 0 Å². The van der Waals surface area contributed by atoms with Crippen LogP contribution in [0.2, 0.25) is 5.02 Å². The minimum atomic E-state index is -0.456. The van der Waals surface area contributed by atoms with Crippen LogP contribution in [0.15, 0.2) is 46.3 Å². The van der Waals surface area contributed by atoms with Crippen LogP contribution in [-0.4, -0.2) is 24.9 Å². The lowest BCUT2D eigenvalue weighted by atomic mass is 10.2. The van der Waals surface area contributed by atoms with E-state index in [4.69, 9.17) is 16.1 Å². The molecule has 1 aromatic carbocycles. The zero-order valence-electron chi connectivity index (χ0n) is 13.0. The Balaban J connectivity index is 1.65. The van der Waals surface area contributed by atoms with Crippen molar-refractivity contribution in [3.05, 3.63) is 58.4 Å². The van der Waals surface area contributed by atoms with E-state index in [2.05, 4.69) is 33.0 Å². The van der Waals surface area contributed by atoms with Gasteiger partial charge in [-0.1, -0.05) is 28.9 Å². The maximum absolute atomic E-state index is 6.01. The van der Waals surface area contributed by atoms with Gasteiger partial charge in [-0.25, -0.2) is 0 Å². The van der Waals surface area contributed by atoms with Crippen molar-refractivity contribution < 1.29 is 4.52 Å². The molecule has 0 saturated carbocycles. The highest BCUT2D eigenvalue weighted by atomic mass is 35.5. The zero-order valence-corrected chi connectivity index (χ0v) is 15.5. The first-order valence-corrected chi connectivity index (χ1v) is 9.11. The summed E-state index contributed by atoms with van der Waals surface area (Å²) in [5.74, 6) is 2.23. The van der Waals surface area contributed by atoms with E-state index in [0.717, 1.165) is 16.3 Å². The van der Waals surface area contributed by atoms with E-state index in [1.54, 1.807) is 23.5 Å². The highest BCUT2D eigenvalue weighted by Gasteiger charge is 2.24. The second-order valence-electron chi connectivity index (χ2n) is 5.29. The van der Waals surface area contributed by atoms with Crippen LogP contribution in [-0.2, 0) is 7.05 Å². The van der Waals surface area contributed by atoms with Crippen LogP contribution >= 0.6 is 35.6 Å². The van der Waals surface area contributed by atoms with Crippen molar-refractivity contribution in [3.8, 4) is 22.2 Å². The lowest BCUT2D eigenvalue weighted by Crippen LogP contribution is -2.05. The minimum Gasteiger partial charge on any atom is -0.334 e. The van der Waals surface area contributed by atoms with Crippen molar-refractivity contribution in [2.45, 2.75) is 5.25 Å². The molecule has 4 aromatic rings. The summed E-state index contributed by atoms with van der Waals surface area (Å²) in [5, 5.41) is 14.7. The van der Waals surface area contributed by atoms with Crippen LogP contribution < -0.4 is 0 Å². The fraction of sp³-hybridized carbons (Fsp3) is 0.125. The van der Waals surface area contributed by atoms with E-state index in [1.165, 1.54) is 0 Å². The van der Waals surface area contributed by atoms with E-state index < -0.39 is 5.25 Å². The number of nitrogens with zero attached hydrogens (tertiary/aromatic N) is 5. The van der Waals surface area contributed by atoms with E-state index in [0.29, 0.717) is 22.6 Å². The van der Waals surface area contributed by atoms with Gasteiger partial charge in [-0.15, -0.1) is 21.5 Å². The standard InChI is InChI=1S/C16H12ClN5OS2/c1-22-14(11-6-3-7-25-11)19-20-15(22)12(24)13-18-16(23-21-13)9-4-2-5-10(17)8-9/h2-8,12,24H,1H3. The summed E-state index contributed by atoms with van der Waals surface area (Å²) >= 11 is 12.2. The largest absolute Gasteiger partial charge is 0.334 e. The summed E-state index contributed by atoms with van der Waals surface area (Å²) < 4.78 is 7.23. The van der Waals surface area contributed by atoms with Gasteiger partial charge in [-0.05, 0) is 29.6 Å². The normalized spacial score (nSPS) is 12.4. The molecular weight excluding hydrogens is 378 g/mol. The Kier molecular flexibility index (Phi) is 4.32. The van der Waals surface area contributed by atoms with Crippen molar-refractivity contribution in [1.29, 1.82) is 0 Å². The van der Waals surface area contributed by atoms with E-state index in [1.807, 2.05) is 41.3 Å². The van der Waals surface area contributed by atoms with Gasteiger partial charge in [-0.3, -0.25) is 0 Å². The first kappa shape index (κ1) is 16.3. The number of thiophene rings is 1. The van der Waals surface area contributed by atoms with Gasteiger partial charge in [0.1, 0.15) is 5.25 Å². The third-order valence-corrected chi connectivity index (χ3v) is 5.22. The third-order valence-electron chi connectivity index (χ3n) is 3.65. The van der Waals surface area contributed by atoms with E-state index in [9.17, 15) is 0 Å². The van der Waals surface area contributed by atoms with Gasteiger partial charge in [0.15, 0.2) is 17.5 Å². The molecule has 0 aliphatic carbocycles. The lowest BCUT2D eigenvalue weighted by molar-refractivity contribution is 0.423. The Labute approximate surface area is 157 Å². The Morgan fingerprint density at radius 1 is 1.24 bits per heavy atom. The molecule has 4 rings (SSSR count). The average molecular weight is 390 g/mol. The van der Waals surface area contributed by atoms with Crippen LogP contribution in [0.4, 0.5) is 0 Å². The SMILES string of the molecule is Cn1c(-c2cccs2)nnc1C(S)c1noc(-c2cccc(Cl)c2)n1. The van der Waals surface area contributed by atoms with E-state index in [-0.39, 0.29) is 0 Å². The number of hydrogen-bond donors (Lipinski definition) is 1. The van der Waals surface area contributed by atoms with Crippen LogP contribution in [0, 0.1) is 0 Å². The lowest BCUT2D eigenvalue weighted by Gasteiger charge is -2.06. The average Bonchev–Trinajstić information content (AvgIpc) is 3.35. The van der Waals surface area contributed by atoms with Gasteiger partial charge < -0.3 is 9.09 Å². The fourth-order valence-corrected chi connectivity index (χ4v) is 3.66. The summed E-state index contributed by atoms with van der Waals surface area (Å²) in [7, 11) is 1.89. The predicted octanol–water partition coefficient (Wildman–Crippen LogP) is 4.27. The van der Waals surface area contributed by atoms with Gasteiger partial charge >= 0.3 is 0 Å². The monoisotopic (exact) mass is 389 g/mol. The molecule has 0 N–H and O–H groups in total. The summed E-state index contributed by atoms with van der Waals surface area (Å²) in [6, 6.07) is 11.2. The van der Waals surface area contributed by atoms with Gasteiger partial charge in [0.05, 0.1) is 4.88 Å². The predicted molar refractivity (Wildman–Crippen MR) is 99.9 cm³/mol. The Morgan fingerprint density at radius 3 is 2.88 bits per heavy atom. The maximum Gasteiger partial charge on any atom is 0.258 e. The maximum atomic E-state index is 6.01. The molecule has 0 bridgehead atoms. The molecule has 25 heavy (non-hydrogen) atoms. The molecule has 0 saturated heterocycles. The summed E-state index contributed by atoms with van der Waals surface area (Å²) in [6.07, 6.45) is 0. The number of rotatable bonds is 4. The Morgan fingerprint density at radius 2 is 2.12 bits per heavy atom. The van der Waals surface area contributed by atoms with Crippen molar-refractivity contribution in [2.24, 2.45) is 7.05 Å². The summed E-state index contributed by atoms with van der Waals surface area (Å²) in [4.78, 5) is 5.46. The molecule has 0 fully saturated rings. The molecular formula is C16H12ClN5OS2. The molecule has 3 heterocycles. The molecule has 126 valence electrons. The zero-order chi connectivity index (χ0) is 17.4. The molecule has 0 spiro atoms. The number of benzene rings is 1. The van der Waals surface area contributed by atoms with Gasteiger partial charge in [0, 0.05) is 17.6 Å². The number of aromatic nitrogens is 5. The molecule has 0 aliphatic heterocycles. The molecule has 3 aromatic heterocycles. The topological polar surface area (TPSA) is 69.6 Å². The van der Waals surface area contributed by atoms with Gasteiger partial charge in [0.25, 0.3) is 5.89 Å². The Hall–Kier alpha value is -2.16. The van der Waals surface area contributed by atoms with Gasteiger partial charge in [0.2, 0.25) is 0 Å². The molecule has 0 amide bonds. The first-order chi connectivity index (χ1) is 12.1. The summed E-state index contributed by atoms with van der Waals surface area (Å²) in [6.45, 7) is 0. The third kappa shape index (κ3) is 3.08. The molecule has 0 aliphatic rings. The molecule has 1 atom stereocenters. The van der Waals surface area contributed by atoms with Crippen LogP contribution in [0.25, 0.3) is 22.2 Å². The molecule has 1 unspecified atom stereocenters. The molecule has 0 radical (unpaired) electrons. The van der Waals surface area contributed by atoms with Crippen molar-refractivity contribution in [1.82, 2.24) is 24.9 Å². The number of halogens is 1. The van der Waals surface area contributed by atoms with E-state index >= 15 is 0 Å².